The number of likely N-dealkylation sites (tertiary alicyclic amines) is 1. The third-order valence-electron chi connectivity index (χ3n) is 5.29. The van der Waals surface area contributed by atoms with E-state index in [1.54, 1.807) is 18.2 Å². The minimum Gasteiger partial charge on any atom is -0.493 e. The van der Waals surface area contributed by atoms with Gasteiger partial charge in [-0.1, -0.05) is 28.4 Å². The minimum absolute atomic E-state index is 0. The van der Waals surface area contributed by atoms with Crippen molar-refractivity contribution in [3.05, 3.63) is 45.3 Å². The Morgan fingerprint density at radius 3 is 2.47 bits per heavy atom. The zero-order valence-corrected chi connectivity index (χ0v) is 21.4. The smallest absolute Gasteiger partial charge is 0.193 e. The van der Waals surface area contributed by atoms with E-state index < -0.39 is 0 Å². The van der Waals surface area contributed by atoms with Crippen LogP contribution in [0.25, 0.3) is 0 Å². The molecule has 1 saturated heterocycles. The predicted molar refractivity (Wildman–Crippen MR) is 133 cm³/mol. The third kappa shape index (κ3) is 6.92. The molecule has 0 saturated carbocycles. The van der Waals surface area contributed by atoms with E-state index >= 15 is 0 Å². The number of ether oxygens (including phenoxy) is 1. The van der Waals surface area contributed by atoms with Crippen molar-refractivity contribution in [3.63, 3.8) is 0 Å². The lowest BCUT2D eigenvalue weighted by Crippen LogP contribution is -2.46. The first-order valence-corrected chi connectivity index (χ1v) is 10.7. The highest BCUT2D eigenvalue weighted by molar-refractivity contribution is 14.0. The highest BCUT2D eigenvalue weighted by Crippen LogP contribution is 2.26. The topological polar surface area (TPSA) is 62.9 Å². The molecule has 0 bridgehead atoms. The number of nitrogens with one attached hydrogen (secondary N) is 1. The van der Waals surface area contributed by atoms with Gasteiger partial charge < -0.3 is 19.5 Å². The Morgan fingerprint density at radius 1 is 1.23 bits per heavy atom. The maximum atomic E-state index is 6.03. The van der Waals surface area contributed by atoms with E-state index in [1.165, 1.54) is 5.56 Å². The second-order valence-corrected chi connectivity index (χ2v) is 8.25. The monoisotopic (exact) mass is 566 g/mol. The maximum absolute atomic E-state index is 6.03. The SMILES string of the molecule is CN=C(NCCc1c(C)noc1C)N1CCC(COc2cc(Cl)cc(Cl)c2)CC1.I. The van der Waals surface area contributed by atoms with E-state index in [-0.39, 0.29) is 24.0 Å². The van der Waals surface area contributed by atoms with E-state index in [0.29, 0.717) is 22.6 Å². The predicted octanol–water partition coefficient (Wildman–Crippen LogP) is 5.13. The molecule has 1 aliphatic heterocycles. The molecule has 1 aromatic carbocycles. The number of guanidine groups is 1. The van der Waals surface area contributed by atoms with Gasteiger partial charge in [0.2, 0.25) is 0 Å². The van der Waals surface area contributed by atoms with E-state index in [9.17, 15) is 0 Å². The quantitative estimate of drug-likeness (QED) is 0.298. The summed E-state index contributed by atoms with van der Waals surface area (Å²) in [5.41, 5.74) is 2.13. The number of benzene rings is 1. The Bertz CT molecular complexity index is 812. The maximum Gasteiger partial charge on any atom is 0.193 e. The van der Waals surface area contributed by atoms with Crippen LogP contribution in [0.15, 0.2) is 27.7 Å². The molecule has 0 atom stereocenters. The highest BCUT2D eigenvalue weighted by atomic mass is 127. The molecule has 166 valence electrons. The molecule has 30 heavy (non-hydrogen) atoms. The summed E-state index contributed by atoms with van der Waals surface area (Å²) in [4.78, 5) is 6.75. The van der Waals surface area contributed by atoms with Crippen molar-refractivity contribution in [1.82, 2.24) is 15.4 Å². The molecule has 1 aliphatic rings. The fourth-order valence-corrected chi connectivity index (χ4v) is 4.13. The van der Waals surface area contributed by atoms with Crippen LogP contribution in [0.2, 0.25) is 10.0 Å². The first-order chi connectivity index (χ1) is 14.0. The van der Waals surface area contributed by atoms with Crippen LogP contribution in [-0.4, -0.2) is 49.3 Å². The highest BCUT2D eigenvalue weighted by Gasteiger charge is 2.22. The van der Waals surface area contributed by atoms with Crippen LogP contribution in [0.1, 0.15) is 29.9 Å². The zero-order chi connectivity index (χ0) is 20.8. The first-order valence-electron chi connectivity index (χ1n) is 9.92. The summed E-state index contributed by atoms with van der Waals surface area (Å²) in [5.74, 6) is 3.06. The van der Waals surface area contributed by atoms with Gasteiger partial charge in [-0.3, -0.25) is 4.99 Å². The second-order valence-electron chi connectivity index (χ2n) is 7.37. The summed E-state index contributed by atoms with van der Waals surface area (Å²) < 4.78 is 11.1. The molecule has 0 spiro atoms. The number of aryl methyl sites for hydroxylation is 2. The third-order valence-corrected chi connectivity index (χ3v) is 5.72. The number of piperidine rings is 1. The van der Waals surface area contributed by atoms with Gasteiger partial charge in [-0.2, -0.15) is 0 Å². The van der Waals surface area contributed by atoms with E-state index in [1.807, 2.05) is 20.9 Å². The lowest BCUT2D eigenvalue weighted by molar-refractivity contribution is 0.179. The van der Waals surface area contributed by atoms with Gasteiger partial charge in [0, 0.05) is 42.3 Å². The van der Waals surface area contributed by atoms with Crippen LogP contribution < -0.4 is 10.1 Å². The molecule has 1 fully saturated rings. The molecule has 0 aliphatic carbocycles. The zero-order valence-electron chi connectivity index (χ0n) is 17.6. The molecule has 0 unspecified atom stereocenters. The molecule has 9 heteroatoms. The van der Waals surface area contributed by atoms with Crippen LogP contribution >= 0.6 is 47.2 Å². The minimum atomic E-state index is 0. The van der Waals surface area contributed by atoms with Gasteiger partial charge in [0.1, 0.15) is 11.5 Å². The second kappa shape index (κ2) is 12.0. The average Bonchev–Trinajstić information content (AvgIpc) is 3.01. The van der Waals surface area contributed by atoms with Crippen molar-refractivity contribution in [2.45, 2.75) is 33.1 Å². The van der Waals surface area contributed by atoms with Gasteiger partial charge in [0.05, 0.1) is 12.3 Å². The largest absolute Gasteiger partial charge is 0.493 e. The van der Waals surface area contributed by atoms with E-state index in [2.05, 4.69) is 20.4 Å². The molecule has 2 aromatic rings. The van der Waals surface area contributed by atoms with Gasteiger partial charge in [-0.15, -0.1) is 24.0 Å². The molecule has 2 heterocycles. The Hall–Kier alpha value is -1.19. The van der Waals surface area contributed by atoms with Gasteiger partial charge in [-0.25, -0.2) is 0 Å². The van der Waals surface area contributed by atoms with Gasteiger partial charge >= 0.3 is 0 Å². The number of hydrogen-bond acceptors (Lipinski definition) is 4. The van der Waals surface area contributed by atoms with E-state index in [0.717, 1.165) is 62.1 Å². The first kappa shape index (κ1) is 25.1. The van der Waals surface area contributed by atoms with Gasteiger partial charge in [0.25, 0.3) is 0 Å². The van der Waals surface area contributed by atoms with Crippen LogP contribution in [0.3, 0.4) is 0 Å². The van der Waals surface area contributed by atoms with Crippen LogP contribution in [0, 0.1) is 19.8 Å². The molecule has 0 amide bonds. The Labute approximate surface area is 205 Å². The fourth-order valence-electron chi connectivity index (χ4n) is 3.63. The van der Waals surface area contributed by atoms with Crippen molar-refractivity contribution in [1.29, 1.82) is 0 Å². The molecule has 3 rings (SSSR count). The number of nitrogens with zero attached hydrogens (tertiary/aromatic N) is 3. The van der Waals surface area contributed by atoms with Crippen molar-refractivity contribution in [3.8, 4) is 5.75 Å². The number of aromatic nitrogens is 1. The van der Waals surface area contributed by atoms with Gasteiger partial charge in [0.15, 0.2) is 5.96 Å². The Kier molecular flexibility index (Phi) is 10.0. The normalized spacial score (nSPS) is 15.1. The summed E-state index contributed by atoms with van der Waals surface area (Å²) in [6.45, 7) is 7.31. The fraction of sp³-hybridized carbons (Fsp3) is 0.524. The lowest BCUT2D eigenvalue weighted by Gasteiger charge is -2.34. The van der Waals surface area contributed by atoms with Crippen LogP contribution in [-0.2, 0) is 6.42 Å². The number of rotatable bonds is 6. The molecule has 1 N–H and O–H groups in total. The van der Waals surface area contributed by atoms with Crippen LogP contribution in [0.5, 0.6) is 5.75 Å². The summed E-state index contributed by atoms with van der Waals surface area (Å²) >= 11 is 12.1. The van der Waals surface area contributed by atoms with Crippen molar-refractivity contribution >= 4 is 53.1 Å². The molecule has 1 aromatic heterocycles. The molecule has 6 nitrogen and oxygen atoms in total. The van der Waals surface area contributed by atoms with Gasteiger partial charge in [-0.05, 0) is 57.2 Å². The summed E-state index contributed by atoms with van der Waals surface area (Å²) in [5, 5.41) is 8.66. The van der Waals surface area contributed by atoms with Crippen molar-refractivity contribution in [2.75, 3.05) is 33.3 Å². The lowest BCUT2D eigenvalue weighted by atomic mass is 9.98. The Morgan fingerprint density at radius 2 is 1.90 bits per heavy atom. The van der Waals surface area contributed by atoms with Crippen molar-refractivity contribution in [2.24, 2.45) is 10.9 Å². The molecular weight excluding hydrogens is 538 g/mol. The van der Waals surface area contributed by atoms with Crippen molar-refractivity contribution < 1.29 is 9.26 Å². The summed E-state index contributed by atoms with van der Waals surface area (Å²) in [6, 6.07) is 5.30. The van der Waals surface area contributed by atoms with E-state index in [4.69, 9.17) is 32.5 Å². The number of halogens is 3. The molecule has 0 radical (unpaired) electrons. The molecular formula is C21H29Cl2IN4O2. The number of aliphatic imine (C=N–C) groups is 1. The standard InChI is InChI=1S/C21H28Cl2N4O2.HI/c1-14-20(15(2)29-26-14)4-7-25-21(24-3)27-8-5-16(6-9-27)13-28-19-11-17(22)10-18(23)12-19;/h10-12,16H,4-9,13H2,1-3H3,(H,24,25);1H. The Balaban J connectivity index is 0.00000320. The summed E-state index contributed by atoms with van der Waals surface area (Å²) in [6.07, 6.45) is 2.98. The number of hydrogen-bond donors (Lipinski definition) is 1. The van der Waals surface area contributed by atoms with Crippen LogP contribution in [0.4, 0.5) is 0 Å². The summed E-state index contributed by atoms with van der Waals surface area (Å²) in [7, 11) is 1.83. The average molecular weight is 567 g/mol.